The Hall–Kier alpha value is -3.12. The van der Waals surface area contributed by atoms with Crippen LogP contribution in [-0.4, -0.2) is 29.1 Å². The molecule has 0 radical (unpaired) electrons. The summed E-state index contributed by atoms with van der Waals surface area (Å²) in [7, 11) is 1.62. The third kappa shape index (κ3) is 4.98. The molecule has 1 heterocycles. The first kappa shape index (κ1) is 19.6. The van der Waals surface area contributed by atoms with Gasteiger partial charge in [0.15, 0.2) is 6.10 Å². The van der Waals surface area contributed by atoms with Gasteiger partial charge in [0.05, 0.1) is 30.1 Å². The molecule has 1 N–H and O–H groups in total. The number of carbonyl (C=O) groups is 1. The molecule has 6 nitrogen and oxygen atoms in total. The molecule has 28 heavy (non-hydrogen) atoms. The fraction of sp³-hybridized carbons (Fsp3) is 0.190. The van der Waals surface area contributed by atoms with E-state index in [0.717, 1.165) is 17.0 Å². The Morgan fingerprint density at radius 2 is 1.89 bits per heavy atom. The highest BCUT2D eigenvalue weighted by molar-refractivity contribution is 6.32. The van der Waals surface area contributed by atoms with Crippen molar-refractivity contribution < 1.29 is 14.3 Å². The van der Waals surface area contributed by atoms with Crippen molar-refractivity contribution in [1.82, 2.24) is 15.3 Å². The van der Waals surface area contributed by atoms with Gasteiger partial charge in [-0.05, 0) is 49.4 Å². The van der Waals surface area contributed by atoms with Gasteiger partial charge in [0, 0.05) is 5.56 Å². The summed E-state index contributed by atoms with van der Waals surface area (Å²) < 4.78 is 10.8. The van der Waals surface area contributed by atoms with Gasteiger partial charge in [-0.15, -0.1) is 0 Å². The highest BCUT2D eigenvalue weighted by Crippen LogP contribution is 2.24. The first-order valence-electron chi connectivity index (χ1n) is 8.71. The van der Waals surface area contributed by atoms with E-state index >= 15 is 0 Å². The Kier molecular flexibility index (Phi) is 6.45. The fourth-order valence-electron chi connectivity index (χ4n) is 2.52. The topological polar surface area (TPSA) is 73.3 Å². The van der Waals surface area contributed by atoms with E-state index in [0.29, 0.717) is 16.5 Å². The van der Waals surface area contributed by atoms with Crippen LogP contribution in [0.25, 0.3) is 11.3 Å². The lowest BCUT2D eigenvalue weighted by Gasteiger charge is -2.15. The summed E-state index contributed by atoms with van der Waals surface area (Å²) in [5.41, 5.74) is 2.40. The Balaban J connectivity index is 1.61. The number of benzene rings is 2. The zero-order chi connectivity index (χ0) is 19.9. The molecule has 0 aliphatic heterocycles. The van der Waals surface area contributed by atoms with Gasteiger partial charge >= 0.3 is 0 Å². The summed E-state index contributed by atoms with van der Waals surface area (Å²) in [4.78, 5) is 20.8. The lowest BCUT2D eigenvalue weighted by Crippen LogP contribution is -2.36. The predicted octanol–water partition coefficient (Wildman–Crippen LogP) is 3.89. The van der Waals surface area contributed by atoms with E-state index in [4.69, 9.17) is 21.1 Å². The van der Waals surface area contributed by atoms with E-state index in [9.17, 15) is 4.79 Å². The SMILES string of the molecule is COc1ccc(-c2cc(CNC(=O)C(C)Oc3ccccc3Cl)ncn2)cc1. The minimum Gasteiger partial charge on any atom is -0.497 e. The number of hydrogen-bond acceptors (Lipinski definition) is 5. The van der Waals surface area contributed by atoms with Crippen molar-refractivity contribution in [3.05, 3.63) is 71.6 Å². The Morgan fingerprint density at radius 1 is 1.14 bits per heavy atom. The van der Waals surface area contributed by atoms with E-state index in [-0.39, 0.29) is 12.5 Å². The molecule has 3 aromatic rings. The summed E-state index contributed by atoms with van der Waals surface area (Å²) in [5.74, 6) is 0.984. The van der Waals surface area contributed by atoms with E-state index in [2.05, 4.69) is 15.3 Å². The molecule has 0 aliphatic rings. The standard InChI is InChI=1S/C21H20ClN3O3/c1-14(28-20-6-4-3-5-18(20)22)21(26)23-12-16-11-19(25-13-24-16)15-7-9-17(27-2)10-8-15/h3-11,13-14H,12H2,1-2H3,(H,23,26). The van der Waals surface area contributed by atoms with E-state index in [1.807, 2.05) is 30.3 Å². The van der Waals surface area contributed by atoms with Crippen molar-refractivity contribution >= 4 is 17.5 Å². The summed E-state index contributed by atoms with van der Waals surface area (Å²) in [6.07, 6.45) is 0.785. The predicted molar refractivity (Wildman–Crippen MR) is 107 cm³/mol. The third-order valence-electron chi connectivity index (χ3n) is 4.06. The van der Waals surface area contributed by atoms with Crippen molar-refractivity contribution in [2.75, 3.05) is 7.11 Å². The maximum absolute atomic E-state index is 12.3. The molecule has 3 rings (SSSR count). The second-order valence-electron chi connectivity index (χ2n) is 6.03. The molecule has 0 saturated carbocycles. The number of ether oxygens (including phenoxy) is 2. The van der Waals surface area contributed by atoms with Gasteiger partial charge in [-0.2, -0.15) is 0 Å². The molecule has 7 heteroatoms. The maximum Gasteiger partial charge on any atom is 0.261 e. The molecule has 0 bridgehead atoms. The van der Waals surface area contributed by atoms with Crippen molar-refractivity contribution in [3.63, 3.8) is 0 Å². The van der Waals surface area contributed by atoms with Gasteiger partial charge in [-0.25, -0.2) is 9.97 Å². The molecular weight excluding hydrogens is 378 g/mol. The number of methoxy groups -OCH3 is 1. The minimum absolute atomic E-state index is 0.260. The summed E-state index contributed by atoms with van der Waals surface area (Å²) in [6, 6.07) is 16.4. The van der Waals surface area contributed by atoms with Crippen molar-refractivity contribution in [2.45, 2.75) is 19.6 Å². The molecule has 1 unspecified atom stereocenters. The van der Waals surface area contributed by atoms with Crippen LogP contribution in [0.2, 0.25) is 5.02 Å². The fourth-order valence-corrected chi connectivity index (χ4v) is 2.70. The van der Waals surface area contributed by atoms with E-state index < -0.39 is 6.10 Å². The van der Waals surface area contributed by atoms with Gasteiger partial charge in [0.1, 0.15) is 17.8 Å². The van der Waals surface area contributed by atoms with Crippen LogP contribution in [0.3, 0.4) is 0 Å². The van der Waals surface area contributed by atoms with Crippen LogP contribution in [0.15, 0.2) is 60.9 Å². The highest BCUT2D eigenvalue weighted by atomic mass is 35.5. The lowest BCUT2D eigenvalue weighted by molar-refractivity contribution is -0.127. The third-order valence-corrected chi connectivity index (χ3v) is 4.38. The van der Waals surface area contributed by atoms with Gasteiger partial charge in [-0.1, -0.05) is 23.7 Å². The number of rotatable bonds is 7. The monoisotopic (exact) mass is 397 g/mol. The van der Waals surface area contributed by atoms with Crippen molar-refractivity contribution in [3.8, 4) is 22.8 Å². The van der Waals surface area contributed by atoms with Crippen molar-refractivity contribution in [1.29, 1.82) is 0 Å². The largest absolute Gasteiger partial charge is 0.497 e. The Bertz CT molecular complexity index is 948. The normalized spacial score (nSPS) is 11.5. The Labute approximate surface area is 168 Å². The number of nitrogens with one attached hydrogen (secondary N) is 1. The van der Waals surface area contributed by atoms with Crippen LogP contribution >= 0.6 is 11.6 Å². The number of hydrogen-bond donors (Lipinski definition) is 1. The molecule has 2 aromatic carbocycles. The number of para-hydroxylation sites is 1. The minimum atomic E-state index is -0.692. The van der Waals surface area contributed by atoms with Crippen LogP contribution < -0.4 is 14.8 Å². The smallest absolute Gasteiger partial charge is 0.261 e. The maximum atomic E-state index is 12.3. The molecular formula is C21H20ClN3O3. The zero-order valence-electron chi connectivity index (χ0n) is 15.6. The van der Waals surface area contributed by atoms with Gasteiger partial charge in [0.2, 0.25) is 0 Å². The number of amides is 1. The van der Waals surface area contributed by atoms with Crippen molar-refractivity contribution in [2.24, 2.45) is 0 Å². The summed E-state index contributed by atoms with van der Waals surface area (Å²) in [5, 5.41) is 3.28. The molecule has 144 valence electrons. The Morgan fingerprint density at radius 3 is 2.61 bits per heavy atom. The van der Waals surface area contributed by atoms with Crippen LogP contribution in [0, 0.1) is 0 Å². The van der Waals surface area contributed by atoms with E-state index in [1.54, 1.807) is 38.3 Å². The summed E-state index contributed by atoms with van der Waals surface area (Å²) in [6.45, 7) is 1.93. The molecule has 1 atom stereocenters. The van der Waals surface area contributed by atoms with Crippen LogP contribution in [0.1, 0.15) is 12.6 Å². The van der Waals surface area contributed by atoms with Gasteiger partial charge < -0.3 is 14.8 Å². The molecule has 1 aromatic heterocycles. The number of nitrogens with zero attached hydrogens (tertiary/aromatic N) is 2. The lowest BCUT2D eigenvalue weighted by atomic mass is 10.1. The second kappa shape index (κ2) is 9.19. The molecule has 0 spiro atoms. The molecule has 0 saturated heterocycles. The average Bonchev–Trinajstić information content (AvgIpc) is 2.74. The quantitative estimate of drug-likeness (QED) is 0.654. The average molecular weight is 398 g/mol. The highest BCUT2D eigenvalue weighted by Gasteiger charge is 2.16. The zero-order valence-corrected chi connectivity index (χ0v) is 16.3. The van der Waals surface area contributed by atoms with Crippen LogP contribution in [-0.2, 0) is 11.3 Å². The summed E-state index contributed by atoms with van der Waals surface area (Å²) >= 11 is 6.06. The van der Waals surface area contributed by atoms with E-state index in [1.165, 1.54) is 6.33 Å². The first-order chi connectivity index (χ1) is 13.6. The van der Waals surface area contributed by atoms with Gasteiger partial charge in [-0.3, -0.25) is 4.79 Å². The number of carbonyl (C=O) groups excluding carboxylic acids is 1. The number of halogens is 1. The van der Waals surface area contributed by atoms with Crippen LogP contribution in [0.5, 0.6) is 11.5 Å². The first-order valence-corrected chi connectivity index (χ1v) is 9.09. The molecule has 0 fully saturated rings. The second-order valence-corrected chi connectivity index (χ2v) is 6.44. The molecule has 1 amide bonds. The number of aromatic nitrogens is 2. The van der Waals surface area contributed by atoms with Gasteiger partial charge in [0.25, 0.3) is 5.91 Å². The van der Waals surface area contributed by atoms with Crippen LogP contribution in [0.4, 0.5) is 0 Å². The molecule has 0 aliphatic carbocycles.